The van der Waals surface area contributed by atoms with E-state index in [1.807, 2.05) is 0 Å². The molecule has 14 heavy (non-hydrogen) atoms. The molecule has 0 amide bonds. The Kier molecular flexibility index (Phi) is 2.52. The summed E-state index contributed by atoms with van der Waals surface area (Å²) in [5.74, 6) is 0. The lowest BCUT2D eigenvalue weighted by atomic mass is 10.1. The van der Waals surface area contributed by atoms with Crippen molar-refractivity contribution in [2.75, 3.05) is 0 Å². The molecule has 0 aliphatic heterocycles. The second-order valence-corrected chi connectivity index (χ2v) is 3.26. The number of aliphatic hydroxyl groups is 1. The summed E-state index contributed by atoms with van der Waals surface area (Å²) >= 11 is 5.70. The fourth-order valence-electron chi connectivity index (χ4n) is 1.21. The smallest absolute Gasteiger partial charge is 0.129 e. The average molecular weight is 210 g/mol. The highest BCUT2D eigenvalue weighted by Crippen LogP contribution is 2.23. The largest absolute Gasteiger partial charge is 0.472 e. The van der Waals surface area contributed by atoms with Crippen molar-refractivity contribution in [3.63, 3.8) is 0 Å². The molecule has 0 radical (unpaired) electrons. The highest BCUT2D eigenvalue weighted by atomic mass is 35.5. The maximum atomic E-state index is 9.86. The summed E-state index contributed by atoms with van der Waals surface area (Å²) in [5, 5.41) is 10.2. The lowest BCUT2D eigenvalue weighted by molar-refractivity contribution is 0.219. The summed E-state index contributed by atoms with van der Waals surface area (Å²) in [6, 6.07) is 5.04. The van der Waals surface area contributed by atoms with E-state index in [1.165, 1.54) is 12.5 Å². The molecular weight excluding hydrogens is 202 g/mol. The van der Waals surface area contributed by atoms with E-state index < -0.39 is 6.10 Å². The number of pyridine rings is 1. The minimum atomic E-state index is -0.714. The number of nitrogens with zero attached hydrogens (tertiary/aromatic N) is 1. The molecule has 0 fully saturated rings. The molecule has 0 aliphatic carbocycles. The zero-order valence-corrected chi connectivity index (χ0v) is 7.98. The predicted octanol–water partition coefficient (Wildman–Crippen LogP) is 2.41. The summed E-state index contributed by atoms with van der Waals surface area (Å²) in [4.78, 5) is 3.83. The van der Waals surface area contributed by atoms with Crippen LogP contribution in [0.4, 0.5) is 0 Å². The molecule has 0 saturated carbocycles. The lowest BCUT2D eigenvalue weighted by Crippen LogP contribution is -1.97. The molecule has 0 bridgehead atoms. The second kappa shape index (κ2) is 3.82. The summed E-state index contributed by atoms with van der Waals surface area (Å²) in [5.41, 5.74) is 1.40. The first-order chi connectivity index (χ1) is 6.77. The number of aromatic nitrogens is 1. The third-order valence-corrected chi connectivity index (χ3v) is 2.13. The van der Waals surface area contributed by atoms with Gasteiger partial charge in [0.1, 0.15) is 11.3 Å². The topological polar surface area (TPSA) is 46.3 Å². The van der Waals surface area contributed by atoms with Crippen molar-refractivity contribution in [2.24, 2.45) is 0 Å². The fraction of sp³-hybridized carbons (Fsp3) is 0.100. The van der Waals surface area contributed by atoms with Crippen LogP contribution in [0.1, 0.15) is 17.2 Å². The Labute approximate surface area is 86.0 Å². The van der Waals surface area contributed by atoms with Gasteiger partial charge in [-0.15, -0.1) is 0 Å². The Morgan fingerprint density at radius 3 is 2.86 bits per heavy atom. The number of halogens is 1. The van der Waals surface area contributed by atoms with Gasteiger partial charge in [0, 0.05) is 11.8 Å². The molecule has 2 rings (SSSR count). The number of aliphatic hydroxyl groups excluding tert-OH is 1. The second-order valence-electron chi connectivity index (χ2n) is 2.87. The van der Waals surface area contributed by atoms with Crippen molar-refractivity contribution in [1.29, 1.82) is 0 Å². The monoisotopic (exact) mass is 209 g/mol. The summed E-state index contributed by atoms with van der Waals surface area (Å²) < 4.78 is 4.88. The van der Waals surface area contributed by atoms with Crippen LogP contribution < -0.4 is 0 Å². The van der Waals surface area contributed by atoms with E-state index >= 15 is 0 Å². The minimum Gasteiger partial charge on any atom is -0.472 e. The van der Waals surface area contributed by atoms with Gasteiger partial charge in [0.25, 0.3) is 0 Å². The van der Waals surface area contributed by atoms with Crippen LogP contribution >= 0.6 is 11.6 Å². The molecule has 0 saturated heterocycles. The van der Waals surface area contributed by atoms with E-state index in [1.54, 1.807) is 24.4 Å². The Morgan fingerprint density at radius 2 is 2.21 bits per heavy atom. The highest BCUT2D eigenvalue weighted by molar-refractivity contribution is 6.29. The molecule has 1 N–H and O–H groups in total. The van der Waals surface area contributed by atoms with Crippen molar-refractivity contribution in [3.05, 3.63) is 53.2 Å². The third kappa shape index (κ3) is 1.78. The van der Waals surface area contributed by atoms with Crippen molar-refractivity contribution >= 4 is 11.6 Å². The average Bonchev–Trinajstić information content (AvgIpc) is 2.69. The first-order valence-corrected chi connectivity index (χ1v) is 4.47. The predicted molar refractivity (Wildman–Crippen MR) is 52.0 cm³/mol. The molecule has 72 valence electrons. The molecule has 3 nitrogen and oxygen atoms in total. The van der Waals surface area contributed by atoms with Gasteiger partial charge in [0.05, 0.1) is 12.5 Å². The van der Waals surface area contributed by atoms with Gasteiger partial charge in [-0.1, -0.05) is 11.6 Å². The normalized spacial score (nSPS) is 12.7. The molecule has 2 aromatic rings. The maximum Gasteiger partial charge on any atom is 0.129 e. The van der Waals surface area contributed by atoms with Gasteiger partial charge in [-0.3, -0.25) is 0 Å². The first kappa shape index (κ1) is 9.24. The molecular formula is C10H8ClNO2. The van der Waals surface area contributed by atoms with E-state index in [0.717, 1.165) is 0 Å². The Bertz CT molecular complexity index is 414. The van der Waals surface area contributed by atoms with Gasteiger partial charge in [-0.05, 0) is 23.8 Å². The van der Waals surface area contributed by atoms with Crippen LogP contribution in [-0.4, -0.2) is 10.1 Å². The van der Waals surface area contributed by atoms with Gasteiger partial charge in [-0.25, -0.2) is 4.98 Å². The third-order valence-electron chi connectivity index (χ3n) is 1.93. The van der Waals surface area contributed by atoms with Crippen LogP contribution in [0.3, 0.4) is 0 Å². The molecule has 0 aliphatic rings. The Morgan fingerprint density at radius 1 is 1.36 bits per heavy atom. The van der Waals surface area contributed by atoms with Gasteiger partial charge >= 0.3 is 0 Å². The standard InChI is InChI=1S/C10H8ClNO2/c11-9-5-7(1-3-12-9)10(13)8-2-4-14-6-8/h1-6,10,13H. The molecule has 0 spiro atoms. The van der Waals surface area contributed by atoms with E-state index in [9.17, 15) is 5.11 Å². The summed E-state index contributed by atoms with van der Waals surface area (Å²) in [6.45, 7) is 0. The van der Waals surface area contributed by atoms with Crippen LogP contribution in [0.25, 0.3) is 0 Å². The van der Waals surface area contributed by atoms with E-state index in [2.05, 4.69) is 4.98 Å². The van der Waals surface area contributed by atoms with Crippen LogP contribution in [0.15, 0.2) is 41.3 Å². The number of hydrogen-bond donors (Lipinski definition) is 1. The van der Waals surface area contributed by atoms with Crippen molar-refractivity contribution in [2.45, 2.75) is 6.10 Å². The lowest BCUT2D eigenvalue weighted by Gasteiger charge is -2.07. The van der Waals surface area contributed by atoms with Crippen LogP contribution in [-0.2, 0) is 0 Å². The van der Waals surface area contributed by atoms with Crippen molar-refractivity contribution < 1.29 is 9.52 Å². The quantitative estimate of drug-likeness (QED) is 0.773. The van der Waals surface area contributed by atoms with Gasteiger partial charge in [0.2, 0.25) is 0 Å². The molecule has 1 unspecified atom stereocenters. The highest BCUT2D eigenvalue weighted by Gasteiger charge is 2.11. The van der Waals surface area contributed by atoms with Crippen molar-refractivity contribution in [1.82, 2.24) is 4.98 Å². The zero-order valence-electron chi connectivity index (χ0n) is 7.22. The Hall–Kier alpha value is -1.32. The minimum absolute atomic E-state index is 0.366. The molecule has 1 atom stereocenters. The fourth-order valence-corrected chi connectivity index (χ4v) is 1.39. The SMILES string of the molecule is OC(c1ccoc1)c1ccnc(Cl)c1. The van der Waals surface area contributed by atoms with Gasteiger partial charge in [0.15, 0.2) is 0 Å². The van der Waals surface area contributed by atoms with E-state index in [4.69, 9.17) is 16.0 Å². The molecule has 0 aromatic carbocycles. The first-order valence-electron chi connectivity index (χ1n) is 4.09. The number of hydrogen-bond acceptors (Lipinski definition) is 3. The Balaban J connectivity index is 2.32. The zero-order chi connectivity index (χ0) is 9.97. The van der Waals surface area contributed by atoms with Crippen LogP contribution in [0, 0.1) is 0 Å². The van der Waals surface area contributed by atoms with Crippen LogP contribution in [0.5, 0.6) is 0 Å². The van der Waals surface area contributed by atoms with E-state index in [0.29, 0.717) is 16.3 Å². The van der Waals surface area contributed by atoms with Gasteiger partial charge in [-0.2, -0.15) is 0 Å². The number of rotatable bonds is 2. The van der Waals surface area contributed by atoms with Crippen LogP contribution in [0.2, 0.25) is 5.15 Å². The molecule has 2 aromatic heterocycles. The number of furan rings is 1. The van der Waals surface area contributed by atoms with Crippen molar-refractivity contribution in [3.8, 4) is 0 Å². The summed E-state index contributed by atoms with van der Waals surface area (Å²) in [6.07, 6.45) is 3.86. The molecule has 2 heterocycles. The molecule has 4 heteroatoms. The van der Waals surface area contributed by atoms with E-state index in [-0.39, 0.29) is 0 Å². The van der Waals surface area contributed by atoms with Gasteiger partial charge < -0.3 is 9.52 Å². The summed E-state index contributed by atoms with van der Waals surface area (Å²) in [7, 11) is 0. The maximum absolute atomic E-state index is 9.86.